The maximum absolute atomic E-state index is 14.4. The van der Waals surface area contributed by atoms with Gasteiger partial charge in [0.2, 0.25) is 0 Å². The third kappa shape index (κ3) is 8.15. The Morgan fingerprint density at radius 1 is 1.28 bits per heavy atom. The summed E-state index contributed by atoms with van der Waals surface area (Å²) in [4.78, 5) is 7.44. The van der Waals surface area contributed by atoms with Crippen LogP contribution in [0, 0.1) is 5.82 Å². The second-order valence-electron chi connectivity index (χ2n) is 6.86. The number of halogens is 5. The molecule has 1 heterocycles. The summed E-state index contributed by atoms with van der Waals surface area (Å²) in [6.07, 6.45) is -3.57. The van der Waals surface area contributed by atoms with Gasteiger partial charge >= 0.3 is 6.18 Å². The zero-order chi connectivity index (χ0) is 20.7. The first-order chi connectivity index (χ1) is 13.3. The van der Waals surface area contributed by atoms with Gasteiger partial charge in [0.1, 0.15) is 5.82 Å². The highest BCUT2D eigenvalue weighted by molar-refractivity contribution is 14.0. The highest BCUT2D eigenvalue weighted by Crippen LogP contribution is 2.21. The SMILES string of the molecule is CCN(CC)c1ccc(CNC(=NC)NC2CCN(CC(F)(F)F)C2)cc1F.I. The summed E-state index contributed by atoms with van der Waals surface area (Å²) >= 11 is 0. The lowest BCUT2D eigenvalue weighted by Crippen LogP contribution is -2.44. The Labute approximate surface area is 186 Å². The predicted molar refractivity (Wildman–Crippen MR) is 120 cm³/mol. The first-order valence-electron chi connectivity index (χ1n) is 9.55. The molecule has 1 aromatic carbocycles. The molecule has 0 radical (unpaired) electrons. The molecular weight excluding hydrogens is 501 g/mol. The number of nitrogens with one attached hydrogen (secondary N) is 2. The van der Waals surface area contributed by atoms with Crippen molar-refractivity contribution in [2.75, 3.05) is 44.7 Å². The van der Waals surface area contributed by atoms with Gasteiger partial charge in [-0.25, -0.2) is 4.39 Å². The number of alkyl halides is 3. The average Bonchev–Trinajstić information content (AvgIpc) is 3.06. The van der Waals surface area contributed by atoms with Gasteiger partial charge in [-0.3, -0.25) is 9.89 Å². The number of hydrogen-bond acceptors (Lipinski definition) is 3. The second kappa shape index (κ2) is 11.8. The number of aliphatic imine (C=N–C) groups is 1. The quantitative estimate of drug-likeness (QED) is 0.245. The second-order valence-corrected chi connectivity index (χ2v) is 6.86. The molecule has 0 spiro atoms. The molecule has 1 aliphatic rings. The van der Waals surface area contributed by atoms with Crippen LogP contribution in [0.2, 0.25) is 0 Å². The van der Waals surface area contributed by atoms with E-state index in [-0.39, 0.29) is 35.8 Å². The molecule has 2 N–H and O–H groups in total. The predicted octanol–water partition coefficient (Wildman–Crippen LogP) is 3.59. The lowest BCUT2D eigenvalue weighted by molar-refractivity contribution is -0.143. The average molecular weight is 531 g/mol. The van der Waals surface area contributed by atoms with Gasteiger partial charge in [-0.15, -0.1) is 24.0 Å². The van der Waals surface area contributed by atoms with Crippen molar-refractivity contribution in [2.24, 2.45) is 4.99 Å². The van der Waals surface area contributed by atoms with E-state index in [1.54, 1.807) is 13.1 Å². The number of guanidine groups is 1. The first-order valence-corrected chi connectivity index (χ1v) is 9.55. The monoisotopic (exact) mass is 531 g/mol. The zero-order valence-electron chi connectivity index (χ0n) is 17.0. The van der Waals surface area contributed by atoms with Gasteiger partial charge in [-0.05, 0) is 38.0 Å². The van der Waals surface area contributed by atoms with Crippen LogP contribution in [0.25, 0.3) is 0 Å². The summed E-state index contributed by atoms with van der Waals surface area (Å²) in [6.45, 7) is 5.60. The summed E-state index contributed by atoms with van der Waals surface area (Å²) in [5.41, 5.74) is 1.34. The van der Waals surface area contributed by atoms with Crippen LogP contribution in [-0.2, 0) is 6.54 Å². The van der Waals surface area contributed by atoms with E-state index in [1.165, 1.54) is 11.0 Å². The summed E-state index contributed by atoms with van der Waals surface area (Å²) in [7, 11) is 1.60. The minimum absolute atomic E-state index is 0. The molecular formula is C19H30F4IN5. The largest absolute Gasteiger partial charge is 0.401 e. The molecule has 0 aliphatic carbocycles. The van der Waals surface area contributed by atoms with Gasteiger partial charge in [-0.1, -0.05) is 6.07 Å². The van der Waals surface area contributed by atoms with Crippen LogP contribution in [0.4, 0.5) is 23.2 Å². The first kappa shape index (κ1) is 25.7. The van der Waals surface area contributed by atoms with Crippen LogP contribution in [-0.4, -0.2) is 62.8 Å². The molecule has 2 rings (SSSR count). The van der Waals surface area contributed by atoms with Crippen LogP contribution >= 0.6 is 24.0 Å². The number of benzene rings is 1. The fourth-order valence-electron chi connectivity index (χ4n) is 3.40. The fraction of sp³-hybridized carbons (Fsp3) is 0.632. The third-order valence-corrected chi connectivity index (χ3v) is 4.82. The molecule has 166 valence electrons. The lowest BCUT2D eigenvalue weighted by Gasteiger charge is -2.22. The maximum atomic E-state index is 14.4. The summed E-state index contributed by atoms with van der Waals surface area (Å²) in [5, 5.41) is 6.24. The van der Waals surface area contributed by atoms with Gasteiger partial charge in [0.05, 0.1) is 12.2 Å². The van der Waals surface area contributed by atoms with E-state index in [2.05, 4.69) is 15.6 Å². The molecule has 10 heteroatoms. The molecule has 0 bridgehead atoms. The van der Waals surface area contributed by atoms with Crippen LogP contribution < -0.4 is 15.5 Å². The number of hydrogen-bond donors (Lipinski definition) is 2. The number of likely N-dealkylation sites (tertiary alicyclic amines) is 1. The molecule has 1 saturated heterocycles. The van der Waals surface area contributed by atoms with Crippen LogP contribution in [0.1, 0.15) is 25.8 Å². The molecule has 1 aromatic rings. The summed E-state index contributed by atoms with van der Waals surface area (Å²) < 4.78 is 51.9. The molecule has 29 heavy (non-hydrogen) atoms. The topological polar surface area (TPSA) is 42.9 Å². The van der Waals surface area contributed by atoms with E-state index in [0.29, 0.717) is 37.7 Å². The van der Waals surface area contributed by atoms with E-state index in [4.69, 9.17) is 0 Å². The van der Waals surface area contributed by atoms with Crippen LogP contribution in [0.15, 0.2) is 23.2 Å². The van der Waals surface area contributed by atoms with Crippen molar-refractivity contribution in [3.8, 4) is 0 Å². The Balaban J connectivity index is 0.00000420. The minimum atomic E-state index is -4.18. The van der Waals surface area contributed by atoms with E-state index in [1.807, 2.05) is 24.8 Å². The summed E-state index contributed by atoms with van der Waals surface area (Å²) in [6, 6.07) is 5.02. The van der Waals surface area contributed by atoms with Gasteiger partial charge in [-0.2, -0.15) is 13.2 Å². The lowest BCUT2D eigenvalue weighted by atomic mass is 10.1. The van der Waals surface area contributed by atoms with Crippen molar-refractivity contribution < 1.29 is 17.6 Å². The zero-order valence-corrected chi connectivity index (χ0v) is 19.4. The highest BCUT2D eigenvalue weighted by atomic mass is 127. The van der Waals surface area contributed by atoms with E-state index < -0.39 is 12.7 Å². The Bertz CT molecular complexity index is 664. The Hall–Kier alpha value is -1.30. The van der Waals surface area contributed by atoms with Crippen molar-refractivity contribution in [3.05, 3.63) is 29.6 Å². The van der Waals surface area contributed by atoms with Crippen molar-refractivity contribution in [1.82, 2.24) is 15.5 Å². The Kier molecular flexibility index (Phi) is 10.4. The van der Waals surface area contributed by atoms with Gasteiger partial charge < -0.3 is 15.5 Å². The third-order valence-electron chi connectivity index (χ3n) is 4.82. The molecule has 1 fully saturated rings. The molecule has 0 saturated carbocycles. The van der Waals surface area contributed by atoms with E-state index in [9.17, 15) is 17.6 Å². The van der Waals surface area contributed by atoms with Crippen molar-refractivity contribution >= 4 is 35.6 Å². The standard InChI is InChI=1S/C19H29F4N5.HI/c1-4-28(5-2)17-7-6-14(10-16(17)20)11-25-18(24-3)26-15-8-9-27(12-15)13-19(21,22)23;/h6-7,10,15H,4-5,8-9,11-13H2,1-3H3,(H2,24,25,26);1H. The minimum Gasteiger partial charge on any atom is -0.370 e. The molecule has 1 aliphatic heterocycles. The van der Waals surface area contributed by atoms with Gasteiger partial charge in [0, 0.05) is 45.8 Å². The van der Waals surface area contributed by atoms with Gasteiger partial charge in [0.15, 0.2) is 5.96 Å². The van der Waals surface area contributed by atoms with Crippen molar-refractivity contribution in [1.29, 1.82) is 0 Å². The van der Waals surface area contributed by atoms with Crippen LogP contribution in [0.3, 0.4) is 0 Å². The Morgan fingerprint density at radius 2 is 1.97 bits per heavy atom. The Morgan fingerprint density at radius 3 is 2.52 bits per heavy atom. The van der Waals surface area contributed by atoms with Gasteiger partial charge in [0.25, 0.3) is 0 Å². The number of rotatable bonds is 7. The molecule has 0 aromatic heterocycles. The molecule has 1 unspecified atom stereocenters. The van der Waals surface area contributed by atoms with Crippen molar-refractivity contribution in [2.45, 2.75) is 39.0 Å². The maximum Gasteiger partial charge on any atom is 0.401 e. The number of nitrogens with zero attached hydrogens (tertiary/aromatic N) is 3. The van der Waals surface area contributed by atoms with Crippen LogP contribution in [0.5, 0.6) is 0 Å². The van der Waals surface area contributed by atoms with E-state index in [0.717, 1.165) is 18.7 Å². The molecule has 5 nitrogen and oxygen atoms in total. The smallest absolute Gasteiger partial charge is 0.370 e. The van der Waals surface area contributed by atoms with Crippen molar-refractivity contribution in [3.63, 3.8) is 0 Å². The number of anilines is 1. The normalized spacial score (nSPS) is 17.8. The van der Waals surface area contributed by atoms with E-state index >= 15 is 0 Å². The highest BCUT2D eigenvalue weighted by Gasteiger charge is 2.34. The molecule has 0 amide bonds. The summed E-state index contributed by atoms with van der Waals surface area (Å²) in [5.74, 6) is 0.219. The molecule has 1 atom stereocenters. The fourth-order valence-corrected chi connectivity index (χ4v) is 3.40.